The average molecular weight is 191 g/mol. The Morgan fingerprint density at radius 2 is 2.38 bits per heavy atom. The maximum absolute atomic E-state index is 11.7. The average Bonchev–Trinajstić information content (AvgIpc) is 2.07. The van der Waals surface area contributed by atoms with Crippen LogP contribution < -0.4 is 16.0 Å². The van der Waals surface area contributed by atoms with Crippen molar-refractivity contribution in [3.8, 4) is 5.88 Å². The molecule has 0 atom stereocenters. The van der Waals surface area contributed by atoms with Crippen LogP contribution in [0.15, 0.2) is 11.1 Å². The lowest BCUT2D eigenvalue weighted by atomic mass is 10.5. The lowest BCUT2D eigenvalue weighted by Crippen LogP contribution is -2.16. The van der Waals surface area contributed by atoms with Gasteiger partial charge in [0.15, 0.2) is 12.3 Å². The van der Waals surface area contributed by atoms with Crippen molar-refractivity contribution < 1.29 is 13.5 Å². The Bertz CT molecular complexity index is 339. The SMILES string of the molecule is Nc1c(OCC(F)F)nc[nH]c1=O. The number of hydrogen-bond donors (Lipinski definition) is 2. The number of nitrogens with two attached hydrogens (primary N) is 1. The van der Waals surface area contributed by atoms with E-state index >= 15 is 0 Å². The zero-order valence-corrected chi connectivity index (χ0v) is 6.46. The van der Waals surface area contributed by atoms with Crippen LogP contribution in [-0.2, 0) is 0 Å². The molecule has 0 aliphatic carbocycles. The molecule has 0 aliphatic rings. The van der Waals surface area contributed by atoms with E-state index < -0.39 is 18.6 Å². The fourth-order valence-corrected chi connectivity index (χ4v) is 0.651. The van der Waals surface area contributed by atoms with Crippen molar-refractivity contribution in [1.82, 2.24) is 9.97 Å². The Morgan fingerprint density at radius 3 is 3.00 bits per heavy atom. The summed E-state index contributed by atoms with van der Waals surface area (Å²) in [6.07, 6.45) is -1.60. The fraction of sp³-hybridized carbons (Fsp3) is 0.333. The number of nitrogen functional groups attached to an aromatic ring is 1. The van der Waals surface area contributed by atoms with Gasteiger partial charge in [0.1, 0.15) is 0 Å². The van der Waals surface area contributed by atoms with Crippen LogP contribution in [0.25, 0.3) is 0 Å². The molecule has 0 fully saturated rings. The van der Waals surface area contributed by atoms with Gasteiger partial charge >= 0.3 is 0 Å². The molecule has 0 saturated carbocycles. The van der Waals surface area contributed by atoms with Gasteiger partial charge in [0, 0.05) is 0 Å². The summed E-state index contributed by atoms with van der Waals surface area (Å²) in [5.41, 5.74) is 4.28. The number of nitrogens with zero attached hydrogens (tertiary/aromatic N) is 1. The predicted molar refractivity (Wildman–Crippen MR) is 40.8 cm³/mol. The van der Waals surface area contributed by atoms with Crippen molar-refractivity contribution in [1.29, 1.82) is 0 Å². The van der Waals surface area contributed by atoms with Gasteiger partial charge in [-0.05, 0) is 0 Å². The first-order valence-corrected chi connectivity index (χ1v) is 3.35. The van der Waals surface area contributed by atoms with E-state index in [-0.39, 0.29) is 11.6 Å². The third-order valence-electron chi connectivity index (χ3n) is 1.20. The van der Waals surface area contributed by atoms with Gasteiger partial charge in [-0.2, -0.15) is 0 Å². The van der Waals surface area contributed by atoms with Crippen molar-refractivity contribution >= 4 is 5.69 Å². The summed E-state index contributed by atoms with van der Waals surface area (Å²) in [4.78, 5) is 16.4. The van der Waals surface area contributed by atoms with E-state index in [0.717, 1.165) is 6.33 Å². The van der Waals surface area contributed by atoms with Gasteiger partial charge in [-0.25, -0.2) is 13.8 Å². The minimum absolute atomic E-state index is 0.274. The normalized spacial score (nSPS) is 10.4. The number of anilines is 1. The van der Waals surface area contributed by atoms with E-state index in [9.17, 15) is 13.6 Å². The van der Waals surface area contributed by atoms with E-state index in [0.29, 0.717) is 0 Å². The molecular formula is C6H7F2N3O2. The second-order valence-electron chi connectivity index (χ2n) is 2.15. The van der Waals surface area contributed by atoms with E-state index in [1.807, 2.05) is 0 Å². The van der Waals surface area contributed by atoms with Gasteiger partial charge in [-0.3, -0.25) is 4.79 Å². The molecule has 1 heterocycles. The number of rotatable bonds is 3. The number of hydrogen-bond acceptors (Lipinski definition) is 4. The highest BCUT2D eigenvalue weighted by atomic mass is 19.3. The lowest BCUT2D eigenvalue weighted by Gasteiger charge is -2.04. The molecule has 0 spiro atoms. The molecule has 3 N–H and O–H groups in total. The summed E-state index contributed by atoms with van der Waals surface area (Å²) < 4.78 is 27.8. The fourth-order valence-electron chi connectivity index (χ4n) is 0.651. The van der Waals surface area contributed by atoms with Gasteiger partial charge in [0.2, 0.25) is 5.88 Å². The van der Waals surface area contributed by atoms with E-state index in [1.165, 1.54) is 0 Å². The number of ether oxygens (including phenoxy) is 1. The first kappa shape index (κ1) is 9.43. The maximum atomic E-state index is 11.7. The molecule has 0 amide bonds. The van der Waals surface area contributed by atoms with Crippen LogP contribution in [0.2, 0.25) is 0 Å². The summed E-state index contributed by atoms with van der Waals surface area (Å²) in [6, 6.07) is 0. The van der Waals surface area contributed by atoms with Crippen LogP contribution in [0.5, 0.6) is 5.88 Å². The van der Waals surface area contributed by atoms with Gasteiger partial charge in [0.25, 0.3) is 12.0 Å². The Balaban J connectivity index is 2.77. The summed E-state index contributed by atoms with van der Waals surface area (Å²) in [7, 11) is 0. The second-order valence-corrected chi connectivity index (χ2v) is 2.15. The van der Waals surface area contributed by atoms with Crippen molar-refractivity contribution in [3.05, 3.63) is 16.7 Å². The standard InChI is InChI=1S/C6H7F2N3O2/c7-3(8)1-13-6-4(9)5(12)10-2-11-6/h2-3H,1,9H2,(H,10,11,12). The number of alkyl halides is 2. The summed E-state index contributed by atoms with van der Waals surface area (Å²) in [5, 5.41) is 0. The molecule has 0 aromatic carbocycles. The first-order chi connectivity index (χ1) is 6.11. The molecule has 72 valence electrons. The van der Waals surface area contributed by atoms with Crippen LogP contribution in [-0.4, -0.2) is 23.0 Å². The molecule has 5 nitrogen and oxygen atoms in total. The minimum atomic E-state index is -2.62. The Hall–Kier alpha value is -1.66. The quantitative estimate of drug-likeness (QED) is 0.704. The smallest absolute Gasteiger partial charge is 0.277 e. The van der Waals surface area contributed by atoms with E-state index in [1.54, 1.807) is 0 Å². The maximum Gasteiger partial charge on any atom is 0.277 e. The molecule has 0 saturated heterocycles. The number of aromatic amines is 1. The van der Waals surface area contributed by atoms with E-state index in [4.69, 9.17) is 5.73 Å². The molecule has 13 heavy (non-hydrogen) atoms. The lowest BCUT2D eigenvalue weighted by molar-refractivity contribution is 0.0799. The third kappa shape index (κ3) is 2.39. The molecule has 1 rings (SSSR count). The van der Waals surface area contributed by atoms with Crippen LogP contribution >= 0.6 is 0 Å². The minimum Gasteiger partial charge on any atom is -0.470 e. The van der Waals surface area contributed by atoms with Gasteiger partial charge in [0.05, 0.1) is 6.33 Å². The largest absolute Gasteiger partial charge is 0.470 e. The number of halogens is 2. The highest BCUT2D eigenvalue weighted by Crippen LogP contribution is 2.11. The Morgan fingerprint density at radius 1 is 1.69 bits per heavy atom. The van der Waals surface area contributed by atoms with Gasteiger partial charge < -0.3 is 15.5 Å². The molecular weight excluding hydrogens is 184 g/mol. The molecule has 0 radical (unpaired) electrons. The molecule has 1 aromatic rings. The summed E-state index contributed by atoms with van der Waals surface area (Å²) >= 11 is 0. The van der Waals surface area contributed by atoms with Crippen LogP contribution in [0.4, 0.5) is 14.5 Å². The zero-order chi connectivity index (χ0) is 9.84. The van der Waals surface area contributed by atoms with Gasteiger partial charge in [-0.15, -0.1) is 0 Å². The van der Waals surface area contributed by atoms with E-state index in [2.05, 4.69) is 14.7 Å². The highest BCUT2D eigenvalue weighted by Gasteiger charge is 2.08. The molecule has 0 aliphatic heterocycles. The summed E-state index contributed by atoms with van der Waals surface area (Å²) in [5.74, 6) is -0.274. The van der Waals surface area contributed by atoms with Crippen LogP contribution in [0, 0.1) is 0 Å². The van der Waals surface area contributed by atoms with Crippen molar-refractivity contribution in [3.63, 3.8) is 0 Å². The Kier molecular flexibility index (Phi) is 2.78. The topological polar surface area (TPSA) is 81.0 Å². The predicted octanol–water partition coefficient (Wildman–Crippen LogP) is -0.00400. The van der Waals surface area contributed by atoms with Crippen molar-refractivity contribution in [2.24, 2.45) is 0 Å². The molecule has 7 heteroatoms. The van der Waals surface area contributed by atoms with Crippen molar-refractivity contribution in [2.45, 2.75) is 6.43 Å². The number of nitrogens with one attached hydrogen (secondary N) is 1. The third-order valence-corrected chi connectivity index (χ3v) is 1.20. The first-order valence-electron chi connectivity index (χ1n) is 3.35. The molecule has 0 bridgehead atoms. The Labute approximate surface area is 71.5 Å². The zero-order valence-electron chi connectivity index (χ0n) is 6.46. The van der Waals surface area contributed by atoms with Crippen LogP contribution in [0.1, 0.15) is 0 Å². The second kappa shape index (κ2) is 3.83. The van der Waals surface area contributed by atoms with Crippen molar-refractivity contribution in [2.75, 3.05) is 12.3 Å². The summed E-state index contributed by atoms with van der Waals surface area (Å²) in [6.45, 7) is -0.833. The highest BCUT2D eigenvalue weighted by molar-refractivity contribution is 5.44. The number of H-pyrrole nitrogens is 1. The molecule has 0 unspecified atom stereocenters. The van der Waals surface area contributed by atoms with Gasteiger partial charge in [-0.1, -0.05) is 0 Å². The molecule has 1 aromatic heterocycles. The monoisotopic (exact) mass is 191 g/mol. The number of aromatic nitrogens is 2. The van der Waals surface area contributed by atoms with Crippen LogP contribution in [0.3, 0.4) is 0 Å².